The summed E-state index contributed by atoms with van der Waals surface area (Å²) in [6, 6.07) is 0. The molecule has 1 aromatic rings. The molecule has 0 saturated carbocycles. The van der Waals surface area contributed by atoms with Gasteiger partial charge in [0.2, 0.25) is 0 Å². The van der Waals surface area contributed by atoms with Gasteiger partial charge >= 0.3 is 0 Å². The van der Waals surface area contributed by atoms with E-state index in [1.54, 1.807) is 10.6 Å². The number of aromatic nitrogens is 3. The number of fused-ring (bicyclic) bond motifs is 1. The van der Waals surface area contributed by atoms with Crippen molar-refractivity contribution in [2.45, 2.75) is 25.9 Å². The summed E-state index contributed by atoms with van der Waals surface area (Å²) in [6.07, 6.45) is 3.34. The molecule has 0 amide bonds. The van der Waals surface area contributed by atoms with Crippen LogP contribution in [0.4, 0.5) is 0 Å². The van der Waals surface area contributed by atoms with E-state index in [1.165, 1.54) is 4.31 Å². The lowest BCUT2D eigenvalue weighted by Crippen LogP contribution is -2.49. The summed E-state index contributed by atoms with van der Waals surface area (Å²) in [5.74, 6) is 1.16. The molecule has 2 aliphatic heterocycles. The van der Waals surface area contributed by atoms with E-state index >= 15 is 0 Å². The average Bonchev–Trinajstić information content (AvgIpc) is 2.94. The minimum atomic E-state index is -3.39. The number of hydrogen-bond acceptors (Lipinski definition) is 5. The van der Waals surface area contributed by atoms with Crippen molar-refractivity contribution in [1.29, 1.82) is 0 Å². The largest absolute Gasteiger partial charge is 0.330 e. The maximum atomic E-state index is 12.6. The van der Waals surface area contributed by atoms with Gasteiger partial charge in [0.05, 0.1) is 6.54 Å². The third-order valence-electron chi connectivity index (χ3n) is 4.16. The molecule has 2 N–H and O–H groups in total. The van der Waals surface area contributed by atoms with E-state index in [0.717, 1.165) is 12.8 Å². The van der Waals surface area contributed by atoms with Crippen LogP contribution in [0.2, 0.25) is 0 Å². The predicted octanol–water partition coefficient (Wildman–Crippen LogP) is -0.991. The van der Waals surface area contributed by atoms with E-state index in [0.29, 0.717) is 51.0 Å². The van der Waals surface area contributed by atoms with Gasteiger partial charge in [0, 0.05) is 26.2 Å². The van der Waals surface area contributed by atoms with Gasteiger partial charge in [-0.1, -0.05) is 0 Å². The lowest BCUT2D eigenvalue weighted by Gasteiger charge is -2.35. The molecular formula is C11H20N6O2S. The topological polar surface area (TPSA) is 97.3 Å². The Morgan fingerprint density at radius 1 is 1.20 bits per heavy atom. The third-order valence-corrected chi connectivity index (χ3v) is 6.15. The van der Waals surface area contributed by atoms with E-state index < -0.39 is 10.2 Å². The SMILES string of the molecule is NCC1CCN(S(=O)(=O)N2CCn3cnnc3C2)CC1. The highest BCUT2D eigenvalue weighted by molar-refractivity contribution is 7.86. The number of piperidine rings is 1. The van der Waals surface area contributed by atoms with Crippen molar-refractivity contribution in [3.8, 4) is 0 Å². The third kappa shape index (κ3) is 2.46. The Morgan fingerprint density at radius 2 is 1.95 bits per heavy atom. The normalized spacial score (nSPS) is 22.9. The van der Waals surface area contributed by atoms with Gasteiger partial charge in [0.15, 0.2) is 0 Å². The quantitative estimate of drug-likeness (QED) is 0.773. The summed E-state index contributed by atoms with van der Waals surface area (Å²) in [7, 11) is -3.39. The van der Waals surface area contributed by atoms with Crippen LogP contribution >= 0.6 is 0 Å². The van der Waals surface area contributed by atoms with Crippen molar-refractivity contribution in [2.75, 3.05) is 26.2 Å². The molecule has 0 aliphatic carbocycles. The molecule has 3 rings (SSSR count). The number of rotatable bonds is 3. The van der Waals surface area contributed by atoms with Crippen LogP contribution in [0.25, 0.3) is 0 Å². The standard InChI is InChI=1S/C11H20N6O2S/c12-7-10-1-3-16(4-2-10)20(18,19)17-6-5-15-9-13-14-11(15)8-17/h9-10H,1-8,12H2. The minimum Gasteiger partial charge on any atom is -0.330 e. The number of nitrogens with zero attached hydrogens (tertiary/aromatic N) is 5. The molecule has 20 heavy (non-hydrogen) atoms. The van der Waals surface area contributed by atoms with Crippen LogP contribution in [0, 0.1) is 5.92 Å². The average molecular weight is 300 g/mol. The first-order chi connectivity index (χ1) is 9.61. The molecule has 0 radical (unpaired) electrons. The molecule has 2 aliphatic rings. The van der Waals surface area contributed by atoms with Crippen LogP contribution in [0.15, 0.2) is 6.33 Å². The van der Waals surface area contributed by atoms with Crippen molar-refractivity contribution < 1.29 is 8.42 Å². The van der Waals surface area contributed by atoms with Crippen LogP contribution in [0.3, 0.4) is 0 Å². The van der Waals surface area contributed by atoms with Gasteiger partial charge in [-0.25, -0.2) is 0 Å². The molecule has 3 heterocycles. The lowest BCUT2D eigenvalue weighted by molar-refractivity contribution is 0.244. The van der Waals surface area contributed by atoms with Gasteiger partial charge in [-0.05, 0) is 25.3 Å². The van der Waals surface area contributed by atoms with Crippen LogP contribution in [0.5, 0.6) is 0 Å². The molecule has 0 bridgehead atoms. The summed E-state index contributed by atoms with van der Waals surface area (Å²) in [4.78, 5) is 0. The Morgan fingerprint density at radius 3 is 2.65 bits per heavy atom. The summed E-state index contributed by atoms with van der Waals surface area (Å²) in [6.45, 7) is 3.16. The van der Waals surface area contributed by atoms with Gasteiger partial charge in [-0.15, -0.1) is 10.2 Å². The molecule has 0 atom stereocenters. The van der Waals surface area contributed by atoms with Crippen LogP contribution in [-0.4, -0.2) is 58.0 Å². The van der Waals surface area contributed by atoms with Crippen molar-refractivity contribution in [3.63, 3.8) is 0 Å². The lowest BCUT2D eigenvalue weighted by atomic mass is 9.99. The van der Waals surface area contributed by atoms with E-state index in [9.17, 15) is 8.42 Å². The van der Waals surface area contributed by atoms with Crippen LogP contribution in [-0.2, 0) is 23.3 Å². The van der Waals surface area contributed by atoms with E-state index in [-0.39, 0.29) is 0 Å². The second-order valence-electron chi connectivity index (χ2n) is 5.36. The number of nitrogens with two attached hydrogens (primary N) is 1. The molecule has 1 fully saturated rings. The highest BCUT2D eigenvalue weighted by atomic mass is 32.2. The summed E-state index contributed by atoms with van der Waals surface area (Å²) < 4.78 is 30.2. The van der Waals surface area contributed by atoms with Gasteiger partial charge in [-0.2, -0.15) is 17.0 Å². The van der Waals surface area contributed by atoms with E-state index in [1.807, 2.05) is 4.57 Å². The maximum absolute atomic E-state index is 12.6. The van der Waals surface area contributed by atoms with Crippen LogP contribution in [0.1, 0.15) is 18.7 Å². The summed E-state index contributed by atoms with van der Waals surface area (Å²) in [5.41, 5.74) is 5.65. The van der Waals surface area contributed by atoms with Crippen molar-refractivity contribution in [1.82, 2.24) is 23.4 Å². The molecule has 1 saturated heterocycles. The fourth-order valence-electron chi connectivity index (χ4n) is 2.78. The van der Waals surface area contributed by atoms with E-state index in [4.69, 9.17) is 5.73 Å². The fraction of sp³-hybridized carbons (Fsp3) is 0.818. The first-order valence-corrected chi connectivity index (χ1v) is 8.33. The van der Waals surface area contributed by atoms with Gasteiger partial charge in [0.1, 0.15) is 12.2 Å². The number of hydrogen-bond donors (Lipinski definition) is 1. The van der Waals surface area contributed by atoms with E-state index in [2.05, 4.69) is 10.2 Å². The van der Waals surface area contributed by atoms with Crippen LogP contribution < -0.4 is 5.73 Å². The van der Waals surface area contributed by atoms with Gasteiger partial charge < -0.3 is 10.3 Å². The summed E-state index contributed by atoms with van der Waals surface area (Å²) in [5, 5.41) is 7.78. The zero-order chi connectivity index (χ0) is 14.2. The molecule has 0 unspecified atom stereocenters. The first kappa shape index (κ1) is 13.9. The Labute approximate surface area is 118 Å². The summed E-state index contributed by atoms with van der Waals surface area (Å²) >= 11 is 0. The first-order valence-electron chi connectivity index (χ1n) is 6.93. The fourth-order valence-corrected chi connectivity index (χ4v) is 4.37. The van der Waals surface area contributed by atoms with Gasteiger partial charge in [-0.3, -0.25) is 0 Å². The highest BCUT2D eigenvalue weighted by Gasteiger charge is 2.34. The Balaban J connectivity index is 1.70. The second-order valence-corrected chi connectivity index (χ2v) is 7.29. The Kier molecular flexibility index (Phi) is 3.76. The highest BCUT2D eigenvalue weighted by Crippen LogP contribution is 2.22. The van der Waals surface area contributed by atoms with Crippen molar-refractivity contribution in [3.05, 3.63) is 12.2 Å². The molecular weight excluding hydrogens is 280 g/mol. The van der Waals surface area contributed by atoms with Crippen molar-refractivity contribution >= 4 is 10.2 Å². The molecule has 9 heteroatoms. The van der Waals surface area contributed by atoms with Gasteiger partial charge in [0.25, 0.3) is 10.2 Å². The monoisotopic (exact) mass is 300 g/mol. The maximum Gasteiger partial charge on any atom is 0.282 e. The molecule has 0 aromatic carbocycles. The molecule has 112 valence electrons. The molecule has 1 aromatic heterocycles. The second kappa shape index (κ2) is 5.40. The van der Waals surface area contributed by atoms with Crippen molar-refractivity contribution in [2.24, 2.45) is 11.7 Å². The molecule has 8 nitrogen and oxygen atoms in total. The zero-order valence-corrected chi connectivity index (χ0v) is 12.2. The Hall–Kier alpha value is -1.03. The smallest absolute Gasteiger partial charge is 0.282 e. The minimum absolute atomic E-state index is 0.305. The zero-order valence-electron chi connectivity index (χ0n) is 11.3. The predicted molar refractivity (Wildman–Crippen MR) is 72.7 cm³/mol. The molecule has 0 spiro atoms. The Bertz CT molecular complexity index is 563.